The van der Waals surface area contributed by atoms with Gasteiger partial charge in [-0.25, -0.2) is 8.78 Å². The van der Waals surface area contributed by atoms with Crippen molar-refractivity contribution in [1.82, 2.24) is 4.57 Å². The third-order valence-electron chi connectivity index (χ3n) is 2.98. The number of nitrogens with zero attached hydrogens (tertiary/aromatic N) is 1. The van der Waals surface area contributed by atoms with E-state index in [0.717, 1.165) is 12.1 Å². The molecular weight excluding hydrogens is 332 g/mol. The van der Waals surface area contributed by atoms with Gasteiger partial charge in [0.2, 0.25) is 0 Å². The minimum absolute atomic E-state index is 0.00468. The van der Waals surface area contributed by atoms with Crippen LogP contribution < -0.4 is 5.56 Å². The van der Waals surface area contributed by atoms with Crippen molar-refractivity contribution in [2.24, 2.45) is 0 Å². The quantitative estimate of drug-likeness (QED) is 0.805. The molecule has 3 nitrogen and oxygen atoms in total. The summed E-state index contributed by atoms with van der Waals surface area (Å²) in [4.78, 5) is 22.9. The molecular formula is C14H10BrF2NO2. The summed E-state index contributed by atoms with van der Waals surface area (Å²) in [6, 6.07) is 4.87. The number of carbonyl (C=O) groups is 1. The molecule has 1 aromatic heterocycles. The first-order valence-corrected chi connectivity index (χ1v) is 6.52. The number of hydrogen-bond donors (Lipinski definition) is 0. The number of rotatable bonds is 3. The standard InChI is InChI=1S/C14H10BrF2NO2/c1-8-11(15)5-10(7-19)14(20)18(8)6-9-2-3-12(16)13(17)4-9/h2-5,7H,6H2,1H3. The van der Waals surface area contributed by atoms with Gasteiger partial charge in [0, 0.05) is 10.2 Å². The highest BCUT2D eigenvalue weighted by Crippen LogP contribution is 2.17. The highest BCUT2D eigenvalue weighted by Gasteiger charge is 2.11. The summed E-state index contributed by atoms with van der Waals surface area (Å²) < 4.78 is 28.0. The van der Waals surface area contributed by atoms with Crippen LogP contribution in [0.25, 0.3) is 0 Å². The van der Waals surface area contributed by atoms with Crippen molar-refractivity contribution in [3.63, 3.8) is 0 Å². The molecule has 0 amide bonds. The Morgan fingerprint density at radius 1 is 1.25 bits per heavy atom. The normalized spacial score (nSPS) is 10.6. The minimum atomic E-state index is -0.973. The van der Waals surface area contributed by atoms with Gasteiger partial charge in [0.1, 0.15) is 0 Å². The molecule has 104 valence electrons. The van der Waals surface area contributed by atoms with Gasteiger partial charge in [0.05, 0.1) is 12.1 Å². The SMILES string of the molecule is Cc1c(Br)cc(C=O)c(=O)n1Cc1ccc(F)c(F)c1. The lowest BCUT2D eigenvalue weighted by Gasteiger charge is -2.12. The fourth-order valence-electron chi connectivity index (χ4n) is 1.84. The molecule has 0 saturated heterocycles. The summed E-state index contributed by atoms with van der Waals surface area (Å²) in [5, 5.41) is 0. The molecule has 0 spiro atoms. The second kappa shape index (κ2) is 5.66. The van der Waals surface area contributed by atoms with Gasteiger partial charge in [-0.1, -0.05) is 6.07 Å². The number of benzene rings is 1. The number of pyridine rings is 1. The first kappa shape index (κ1) is 14.6. The zero-order valence-electron chi connectivity index (χ0n) is 10.5. The van der Waals surface area contributed by atoms with Gasteiger partial charge in [-0.15, -0.1) is 0 Å². The fourth-order valence-corrected chi connectivity index (χ4v) is 2.30. The average Bonchev–Trinajstić information content (AvgIpc) is 2.42. The van der Waals surface area contributed by atoms with Crippen LogP contribution >= 0.6 is 15.9 Å². The Morgan fingerprint density at radius 3 is 2.55 bits per heavy atom. The molecule has 0 radical (unpaired) electrons. The molecule has 0 bridgehead atoms. The zero-order valence-corrected chi connectivity index (χ0v) is 12.1. The lowest BCUT2D eigenvalue weighted by atomic mass is 10.2. The topological polar surface area (TPSA) is 39.1 Å². The predicted octanol–water partition coefficient (Wildman–Crippen LogP) is 3.06. The van der Waals surface area contributed by atoms with E-state index >= 15 is 0 Å². The molecule has 0 saturated carbocycles. The van der Waals surface area contributed by atoms with E-state index in [1.54, 1.807) is 6.92 Å². The van der Waals surface area contributed by atoms with Crippen LogP contribution in [0.2, 0.25) is 0 Å². The molecule has 20 heavy (non-hydrogen) atoms. The predicted molar refractivity (Wildman–Crippen MR) is 74.0 cm³/mol. The van der Waals surface area contributed by atoms with Crippen LogP contribution in [0.15, 0.2) is 33.5 Å². The molecule has 0 aliphatic carbocycles. The van der Waals surface area contributed by atoms with Gasteiger partial charge in [-0.05, 0) is 46.6 Å². The number of hydrogen-bond acceptors (Lipinski definition) is 2. The summed E-state index contributed by atoms with van der Waals surface area (Å²) in [6.45, 7) is 1.75. The zero-order chi connectivity index (χ0) is 14.9. The summed E-state index contributed by atoms with van der Waals surface area (Å²) in [7, 11) is 0. The van der Waals surface area contributed by atoms with Gasteiger partial charge >= 0.3 is 0 Å². The molecule has 1 heterocycles. The lowest BCUT2D eigenvalue weighted by Crippen LogP contribution is -2.26. The van der Waals surface area contributed by atoms with Crippen LogP contribution in [0.1, 0.15) is 21.6 Å². The lowest BCUT2D eigenvalue weighted by molar-refractivity contribution is 0.112. The van der Waals surface area contributed by atoms with Gasteiger partial charge in [-0.3, -0.25) is 9.59 Å². The van der Waals surface area contributed by atoms with Crippen molar-refractivity contribution in [3.05, 3.63) is 67.5 Å². The molecule has 2 aromatic rings. The number of aldehydes is 1. The van der Waals surface area contributed by atoms with Gasteiger partial charge in [0.15, 0.2) is 17.9 Å². The number of halogens is 3. The second-order valence-corrected chi connectivity index (χ2v) is 5.14. The van der Waals surface area contributed by atoms with Crippen molar-refractivity contribution in [2.45, 2.75) is 13.5 Å². The Balaban J connectivity index is 2.53. The molecule has 0 unspecified atom stereocenters. The Labute approximate surface area is 122 Å². The molecule has 0 atom stereocenters. The van der Waals surface area contributed by atoms with E-state index in [1.165, 1.54) is 16.7 Å². The van der Waals surface area contributed by atoms with Crippen LogP contribution in [0.5, 0.6) is 0 Å². The largest absolute Gasteiger partial charge is 0.307 e. The first-order chi connectivity index (χ1) is 9.43. The monoisotopic (exact) mass is 341 g/mol. The molecule has 6 heteroatoms. The van der Waals surface area contributed by atoms with Crippen LogP contribution in [0.4, 0.5) is 8.78 Å². The van der Waals surface area contributed by atoms with E-state index in [0.29, 0.717) is 22.0 Å². The third kappa shape index (κ3) is 2.70. The van der Waals surface area contributed by atoms with Crippen LogP contribution in [-0.2, 0) is 6.54 Å². The Hall–Kier alpha value is -1.82. The molecule has 0 aliphatic rings. The number of carbonyl (C=O) groups excluding carboxylic acids is 1. The van der Waals surface area contributed by atoms with E-state index in [2.05, 4.69) is 15.9 Å². The van der Waals surface area contributed by atoms with Crippen LogP contribution in [-0.4, -0.2) is 10.9 Å². The molecule has 0 aliphatic heterocycles. The van der Waals surface area contributed by atoms with Gasteiger partial charge < -0.3 is 4.57 Å². The average molecular weight is 342 g/mol. The minimum Gasteiger partial charge on any atom is -0.307 e. The van der Waals surface area contributed by atoms with Gasteiger partial charge in [-0.2, -0.15) is 0 Å². The van der Waals surface area contributed by atoms with Crippen molar-refractivity contribution < 1.29 is 13.6 Å². The molecule has 2 rings (SSSR count). The van der Waals surface area contributed by atoms with Gasteiger partial charge in [0.25, 0.3) is 5.56 Å². The summed E-state index contributed by atoms with van der Waals surface area (Å²) in [5.74, 6) is -1.92. The van der Waals surface area contributed by atoms with E-state index in [9.17, 15) is 18.4 Å². The smallest absolute Gasteiger partial charge is 0.261 e. The van der Waals surface area contributed by atoms with E-state index in [-0.39, 0.29) is 12.1 Å². The Bertz CT molecular complexity index is 741. The summed E-state index contributed by atoms with van der Waals surface area (Å²) >= 11 is 3.26. The second-order valence-electron chi connectivity index (χ2n) is 4.29. The third-order valence-corrected chi connectivity index (χ3v) is 3.78. The highest BCUT2D eigenvalue weighted by molar-refractivity contribution is 9.10. The maximum Gasteiger partial charge on any atom is 0.261 e. The fraction of sp³-hybridized carbons (Fsp3) is 0.143. The maximum atomic E-state index is 13.2. The highest BCUT2D eigenvalue weighted by atomic mass is 79.9. The summed E-state index contributed by atoms with van der Waals surface area (Å²) in [5.41, 5.74) is 0.574. The van der Waals surface area contributed by atoms with Crippen molar-refractivity contribution in [1.29, 1.82) is 0 Å². The first-order valence-electron chi connectivity index (χ1n) is 5.73. The van der Waals surface area contributed by atoms with E-state index < -0.39 is 17.2 Å². The maximum absolute atomic E-state index is 13.2. The van der Waals surface area contributed by atoms with Crippen molar-refractivity contribution in [2.75, 3.05) is 0 Å². The Kier molecular flexibility index (Phi) is 4.13. The van der Waals surface area contributed by atoms with E-state index in [1.807, 2.05) is 0 Å². The molecule has 0 N–H and O–H groups in total. The van der Waals surface area contributed by atoms with Crippen LogP contribution in [0, 0.1) is 18.6 Å². The summed E-state index contributed by atoms with van der Waals surface area (Å²) in [6.07, 6.45) is 0.467. The Morgan fingerprint density at radius 2 is 1.95 bits per heavy atom. The van der Waals surface area contributed by atoms with Crippen molar-refractivity contribution in [3.8, 4) is 0 Å². The number of aromatic nitrogens is 1. The van der Waals surface area contributed by atoms with E-state index in [4.69, 9.17) is 0 Å². The molecule has 1 aromatic carbocycles. The molecule has 0 fully saturated rings. The van der Waals surface area contributed by atoms with Crippen LogP contribution in [0.3, 0.4) is 0 Å². The van der Waals surface area contributed by atoms with Crippen molar-refractivity contribution >= 4 is 22.2 Å².